The molecule has 0 spiro atoms. The molecule has 1 aromatic carbocycles. The number of fused-ring (bicyclic) bond motifs is 1. The summed E-state index contributed by atoms with van der Waals surface area (Å²) in [7, 11) is 2.06. The maximum atomic E-state index is 13.5. The minimum Gasteiger partial charge on any atom is -0.396 e. The fourth-order valence-electron chi connectivity index (χ4n) is 4.15. The first-order valence-corrected chi connectivity index (χ1v) is 9.45. The molecule has 1 atom stereocenters. The summed E-state index contributed by atoms with van der Waals surface area (Å²) in [5, 5.41) is 10.4. The molecule has 1 aromatic heterocycles. The van der Waals surface area contributed by atoms with Crippen LogP contribution in [0.25, 0.3) is 10.9 Å². The second-order valence-electron chi connectivity index (χ2n) is 7.74. The van der Waals surface area contributed by atoms with Gasteiger partial charge in [0.2, 0.25) is 0 Å². The van der Waals surface area contributed by atoms with E-state index in [2.05, 4.69) is 27.5 Å². The van der Waals surface area contributed by atoms with Gasteiger partial charge in [0.1, 0.15) is 5.82 Å². The number of hydrogen-bond donors (Lipinski definition) is 1. The molecule has 4 rings (SSSR count). The van der Waals surface area contributed by atoms with E-state index in [1.54, 1.807) is 6.07 Å². The molecule has 4 nitrogen and oxygen atoms in total. The van der Waals surface area contributed by atoms with Crippen molar-refractivity contribution in [2.75, 3.05) is 32.8 Å². The highest BCUT2D eigenvalue weighted by Gasteiger charge is 2.31. The highest BCUT2D eigenvalue weighted by molar-refractivity contribution is 5.81. The predicted octanol–water partition coefficient (Wildman–Crippen LogP) is 2.60. The lowest BCUT2D eigenvalue weighted by atomic mass is 10.1. The average Bonchev–Trinajstić information content (AvgIpc) is 3.35. The number of rotatable bonds is 6. The molecule has 0 radical (unpaired) electrons. The molecule has 1 aliphatic carbocycles. The van der Waals surface area contributed by atoms with Gasteiger partial charge < -0.3 is 9.67 Å². The van der Waals surface area contributed by atoms with E-state index >= 15 is 0 Å². The average molecular weight is 345 g/mol. The van der Waals surface area contributed by atoms with E-state index in [0.29, 0.717) is 6.04 Å². The van der Waals surface area contributed by atoms with Crippen molar-refractivity contribution in [2.24, 2.45) is 13.0 Å². The molecule has 25 heavy (non-hydrogen) atoms. The molecule has 2 aromatic rings. The third-order valence-corrected chi connectivity index (χ3v) is 5.83. The molecule has 1 aliphatic heterocycles. The molecule has 1 saturated carbocycles. The summed E-state index contributed by atoms with van der Waals surface area (Å²) in [6.45, 7) is 5.48. The van der Waals surface area contributed by atoms with Gasteiger partial charge in [0.25, 0.3) is 0 Å². The highest BCUT2D eigenvalue weighted by Crippen LogP contribution is 2.31. The molecule has 1 N–H and O–H groups in total. The van der Waals surface area contributed by atoms with Gasteiger partial charge in [0, 0.05) is 69.0 Å². The van der Waals surface area contributed by atoms with Gasteiger partial charge in [-0.25, -0.2) is 4.39 Å². The van der Waals surface area contributed by atoms with E-state index in [1.807, 2.05) is 6.07 Å². The van der Waals surface area contributed by atoms with Crippen molar-refractivity contribution < 1.29 is 9.50 Å². The van der Waals surface area contributed by atoms with Crippen LogP contribution in [0.1, 0.15) is 25.0 Å². The quantitative estimate of drug-likeness (QED) is 0.873. The Kier molecular flexibility index (Phi) is 4.80. The lowest BCUT2D eigenvalue weighted by molar-refractivity contribution is 0.0513. The SMILES string of the molecule is Cn1c(CN2CCN(CC3CC3)[C@@H](CCO)C2)cc2cc(F)ccc21. The van der Waals surface area contributed by atoms with E-state index < -0.39 is 0 Å². The monoisotopic (exact) mass is 345 g/mol. The predicted molar refractivity (Wildman–Crippen MR) is 97.9 cm³/mol. The van der Waals surface area contributed by atoms with Gasteiger partial charge in [-0.2, -0.15) is 0 Å². The van der Waals surface area contributed by atoms with Crippen molar-refractivity contribution >= 4 is 10.9 Å². The Labute approximate surface area is 148 Å². The van der Waals surface area contributed by atoms with E-state index in [4.69, 9.17) is 0 Å². The van der Waals surface area contributed by atoms with Gasteiger partial charge in [-0.15, -0.1) is 0 Å². The lowest BCUT2D eigenvalue weighted by Gasteiger charge is -2.41. The summed E-state index contributed by atoms with van der Waals surface area (Å²) in [6.07, 6.45) is 3.60. The Morgan fingerprint density at radius 3 is 2.80 bits per heavy atom. The van der Waals surface area contributed by atoms with E-state index in [0.717, 1.165) is 49.4 Å². The van der Waals surface area contributed by atoms with Crippen molar-refractivity contribution in [3.8, 4) is 0 Å². The molecular formula is C20H28FN3O. The lowest BCUT2D eigenvalue weighted by Crippen LogP contribution is -2.53. The van der Waals surface area contributed by atoms with Crippen LogP contribution in [0.4, 0.5) is 4.39 Å². The van der Waals surface area contributed by atoms with Crippen LogP contribution in [-0.4, -0.2) is 58.3 Å². The minimum atomic E-state index is -0.179. The van der Waals surface area contributed by atoms with Gasteiger partial charge >= 0.3 is 0 Å². The van der Waals surface area contributed by atoms with Crippen LogP contribution in [0.15, 0.2) is 24.3 Å². The molecule has 2 fully saturated rings. The molecule has 2 heterocycles. The Morgan fingerprint density at radius 1 is 1.20 bits per heavy atom. The Balaban J connectivity index is 1.46. The molecular weight excluding hydrogens is 317 g/mol. The highest BCUT2D eigenvalue weighted by atomic mass is 19.1. The number of piperazine rings is 1. The topological polar surface area (TPSA) is 31.6 Å². The van der Waals surface area contributed by atoms with Gasteiger partial charge in [-0.1, -0.05) is 0 Å². The van der Waals surface area contributed by atoms with Crippen molar-refractivity contribution in [1.82, 2.24) is 14.4 Å². The first-order valence-electron chi connectivity index (χ1n) is 9.45. The minimum absolute atomic E-state index is 0.179. The number of halogens is 1. The summed E-state index contributed by atoms with van der Waals surface area (Å²) in [4.78, 5) is 5.07. The second-order valence-corrected chi connectivity index (χ2v) is 7.74. The first kappa shape index (κ1) is 17.0. The number of aryl methyl sites for hydroxylation is 1. The zero-order chi connectivity index (χ0) is 17.4. The summed E-state index contributed by atoms with van der Waals surface area (Å²) in [5.74, 6) is 0.710. The van der Waals surface area contributed by atoms with Gasteiger partial charge in [-0.05, 0) is 49.4 Å². The molecule has 2 aliphatic rings. The van der Waals surface area contributed by atoms with Crippen LogP contribution in [0, 0.1) is 11.7 Å². The van der Waals surface area contributed by atoms with Crippen LogP contribution in [0.5, 0.6) is 0 Å². The van der Waals surface area contributed by atoms with E-state index in [1.165, 1.54) is 31.1 Å². The zero-order valence-corrected chi connectivity index (χ0v) is 15.0. The maximum Gasteiger partial charge on any atom is 0.123 e. The Bertz CT molecular complexity index is 740. The Hall–Kier alpha value is -1.43. The summed E-state index contributed by atoms with van der Waals surface area (Å²) in [5.41, 5.74) is 2.30. The van der Waals surface area contributed by atoms with Crippen molar-refractivity contribution in [1.29, 1.82) is 0 Å². The smallest absolute Gasteiger partial charge is 0.123 e. The van der Waals surface area contributed by atoms with Gasteiger partial charge in [0.15, 0.2) is 0 Å². The second kappa shape index (κ2) is 7.06. The summed E-state index contributed by atoms with van der Waals surface area (Å²) < 4.78 is 15.6. The fourth-order valence-corrected chi connectivity index (χ4v) is 4.15. The number of nitrogens with zero attached hydrogens (tertiary/aromatic N) is 3. The largest absolute Gasteiger partial charge is 0.396 e. The van der Waals surface area contributed by atoms with Crippen molar-refractivity contribution in [3.63, 3.8) is 0 Å². The number of aliphatic hydroxyl groups is 1. The molecule has 0 bridgehead atoms. The van der Waals surface area contributed by atoms with Crippen LogP contribution >= 0.6 is 0 Å². The van der Waals surface area contributed by atoms with Crippen LogP contribution in [-0.2, 0) is 13.6 Å². The standard InChI is InChI=1S/C20H28FN3O/c1-22-19(11-16-10-17(21)4-5-20(16)22)14-23-7-8-24(12-15-2-3-15)18(13-23)6-9-25/h4-5,10-11,15,18,25H,2-3,6-9,12-14H2,1H3/t18-/m0/s1. The molecule has 5 heteroatoms. The third kappa shape index (κ3) is 3.73. The van der Waals surface area contributed by atoms with Crippen LogP contribution in [0.2, 0.25) is 0 Å². The first-order chi connectivity index (χ1) is 12.1. The van der Waals surface area contributed by atoms with Crippen LogP contribution < -0.4 is 0 Å². The number of hydrogen-bond acceptors (Lipinski definition) is 3. The molecule has 0 amide bonds. The fraction of sp³-hybridized carbons (Fsp3) is 0.600. The van der Waals surface area contributed by atoms with E-state index in [-0.39, 0.29) is 12.4 Å². The molecule has 136 valence electrons. The van der Waals surface area contributed by atoms with Crippen molar-refractivity contribution in [2.45, 2.75) is 31.8 Å². The molecule has 1 saturated heterocycles. The van der Waals surface area contributed by atoms with Gasteiger partial charge in [0.05, 0.1) is 0 Å². The summed E-state index contributed by atoms with van der Waals surface area (Å²) >= 11 is 0. The third-order valence-electron chi connectivity index (χ3n) is 5.83. The number of aromatic nitrogens is 1. The number of benzene rings is 1. The molecule has 0 unspecified atom stereocenters. The van der Waals surface area contributed by atoms with E-state index in [9.17, 15) is 9.50 Å². The van der Waals surface area contributed by atoms with Gasteiger partial charge in [-0.3, -0.25) is 9.80 Å². The van der Waals surface area contributed by atoms with Crippen LogP contribution in [0.3, 0.4) is 0 Å². The van der Waals surface area contributed by atoms with Crippen molar-refractivity contribution in [3.05, 3.63) is 35.8 Å². The Morgan fingerprint density at radius 2 is 2.04 bits per heavy atom. The summed E-state index contributed by atoms with van der Waals surface area (Å²) in [6, 6.07) is 7.55. The zero-order valence-electron chi connectivity index (χ0n) is 15.0. The normalized spacial score (nSPS) is 22.8. The maximum absolute atomic E-state index is 13.5. The number of aliphatic hydroxyl groups excluding tert-OH is 1.